The second kappa shape index (κ2) is 3.85. The highest BCUT2D eigenvalue weighted by Crippen LogP contribution is 2.19. The van der Waals surface area contributed by atoms with Crippen LogP contribution in [0.2, 0.25) is 0 Å². The molecule has 0 amide bonds. The summed E-state index contributed by atoms with van der Waals surface area (Å²) in [6.07, 6.45) is 0.930. The SMILES string of the molecule is C=C(C=N)Oc1ccc(C)cc1F. The van der Waals surface area contributed by atoms with E-state index in [9.17, 15) is 4.39 Å². The molecule has 0 aliphatic carbocycles. The molecule has 1 aromatic carbocycles. The lowest BCUT2D eigenvalue weighted by Gasteiger charge is -2.05. The molecule has 0 saturated heterocycles. The standard InChI is InChI=1S/C10H10FNO/c1-7-3-4-10(9(11)5-7)13-8(2)6-12/h3-6,12H,2H2,1H3. The third-order valence-electron chi connectivity index (χ3n) is 1.49. The van der Waals surface area contributed by atoms with Gasteiger partial charge in [0.1, 0.15) is 5.76 Å². The molecule has 1 N–H and O–H groups in total. The van der Waals surface area contributed by atoms with Gasteiger partial charge in [0, 0.05) is 0 Å². The largest absolute Gasteiger partial charge is 0.453 e. The lowest BCUT2D eigenvalue weighted by Crippen LogP contribution is -1.96. The van der Waals surface area contributed by atoms with Crippen molar-refractivity contribution >= 4 is 6.21 Å². The highest BCUT2D eigenvalue weighted by Gasteiger charge is 2.03. The average molecular weight is 179 g/mol. The molecule has 0 saturated carbocycles. The van der Waals surface area contributed by atoms with E-state index in [1.807, 2.05) is 0 Å². The Balaban J connectivity index is 2.89. The molecule has 0 bridgehead atoms. The van der Waals surface area contributed by atoms with Crippen LogP contribution in [0.1, 0.15) is 5.56 Å². The monoisotopic (exact) mass is 179 g/mol. The lowest BCUT2D eigenvalue weighted by molar-refractivity contribution is 0.423. The van der Waals surface area contributed by atoms with Crippen molar-refractivity contribution in [2.75, 3.05) is 0 Å². The summed E-state index contributed by atoms with van der Waals surface area (Å²) >= 11 is 0. The highest BCUT2D eigenvalue weighted by atomic mass is 19.1. The predicted molar refractivity (Wildman–Crippen MR) is 49.7 cm³/mol. The second-order valence-electron chi connectivity index (χ2n) is 2.65. The number of halogens is 1. The molecule has 0 aliphatic heterocycles. The van der Waals surface area contributed by atoms with Crippen molar-refractivity contribution in [1.82, 2.24) is 0 Å². The molecule has 13 heavy (non-hydrogen) atoms. The van der Waals surface area contributed by atoms with E-state index in [-0.39, 0.29) is 11.5 Å². The summed E-state index contributed by atoms with van der Waals surface area (Å²) in [5.41, 5.74) is 0.824. The average Bonchev–Trinajstić information content (AvgIpc) is 2.09. The van der Waals surface area contributed by atoms with Gasteiger partial charge in [-0.25, -0.2) is 4.39 Å². The van der Waals surface area contributed by atoms with Crippen LogP contribution >= 0.6 is 0 Å². The Kier molecular flexibility index (Phi) is 2.80. The van der Waals surface area contributed by atoms with E-state index < -0.39 is 5.82 Å². The molecule has 0 atom stereocenters. The number of nitrogens with one attached hydrogen (secondary N) is 1. The Hall–Kier alpha value is -1.64. The molecule has 0 spiro atoms. The van der Waals surface area contributed by atoms with E-state index in [4.69, 9.17) is 10.1 Å². The molecule has 0 fully saturated rings. The quantitative estimate of drug-likeness (QED) is 0.561. The number of hydrogen-bond acceptors (Lipinski definition) is 2. The van der Waals surface area contributed by atoms with Gasteiger partial charge in [0.15, 0.2) is 11.6 Å². The minimum absolute atomic E-state index is 0.0964. The van der Waals surface area contributed by atoms with Crippen LogP contribution in [-0.2, 0) is 0 Å². The van der Waals surface area contributed by atoms with Crippen LogP contribution < -0.4 is 4.74 Å². The summed E-state index contributed by atoms with van der Waals surface area (Å²) in [4.78, 5) is 0. The molecule has 2 nitrogen and oxygen atoms in total. The number of ether oxygens (including phenoxy) is 1. The Morgan fingerprint density at radius 2 is 2.31 bits per heavy atom. The van der Waals surface area contributed by atoms with Crippen LogP contribution in [0.3, 0.4) is 0 Å². The normalized spacial score (nSPS) is 9.38. The zero-order valence-corrected chi connectivity index (χ0v) is 7.30. The first-order valence-electron chi connectivity index (χ1n) is 3.77. The van der Waals surface area contributed by atoms with Crippen molar-refractivity contribution in [2.24, 2.45) is 0 Å². The van der Waals surface area contributed by atoms with Gasteiger partial charge in [-0.1, -0.05) is 12.6 Å². The van der Waals surface area contributed by atoms with Gasteiger partial charge in [-0.15, -0.1) is 0 Å². The number of allylic oxidation sites excluding steroid dienone is 1. The molecule has 0 aliphatic rings. The fraction of sp³-hybridized carbons (Fsp3) is 0.100. The van der Waals surface area contributed by atoms with Gasteiger partial charge in [0.25, 0.3) is 0 Å². The molecular formula is C10H10FNO. The van der Waals surface area contributed by atoms with E-state index in [1.54, 1.807) is 13.0 Å². The summed E-state index contributed by atoms with van der Waals surface area (Å²) in [5, 5.41) is 6.80. The summed E-state index contributed by atoms with van der Waals surface area (Å²) in [7, 11) is 0. The van der Waals surface area contributed by atoms with Crippen LogP contribution in [0.25, 0.3) is 0 Å². The fourth-order valence-electron chi connectivity index (χ4n) is 0.859. The van der Waals surface area contributed by atoms with E-state index in [2.05, 4.69) is 6.58 Å². The first-order chi connectivity index (χ1) is 6.13. The van der Waals surface area contributed by atoms with Crippen LogP contribution in [0.15, 0.2) is 30.5 Å². The van der Waals surface area contributed by atoms with Gasteiger partial charge < -0.3 is 10.1 Å². The molecule has 0 heterocycles. The summed E-state index contributed by atoms with van der Waals surface area (Å²) in [5.74, 6) is -0.232. The number of aryl methyl sites for hydroxylation is 1. The molecule has 1 aromatic rings. The van der Waals surface area contributed by atoms with Gasteiger partial charge in [0.2, 0.25) is 0 Å². The first-order valence-corrected chi connectivity index (χ1v) is 3.77. The Morgan fingerprint density at radius 3 is 2.85 bits per heavy atom. The second-order valence-corrected chi connectivity index (χ2v) is 2.65. The maximum absolute atomic E-state index is 13.1. The lowest BCUT2D eigenvalue weighted by atomic mass is 10.2. The van der Waals surface area contributed by atoms with E-state index >= 15 is 0 Å². The van der Waals surface area contributed by atoms with Crippen LogP contribution in [0, 0.1) is 18.2 Å². The topological polar surface area (TPSA) is 33.1 Å². The van der Waals surface area contributed by atoms with E-state index in [1.165, 1.54) is 12.1 Å². The van der Waals surface area contributed by atoms with Gasteiger partial charge in [-0.2, -0.15) is 0 Å². The molecule has 3 heteroatoms. The maximum atomic E-state index is 13.1. The number of hydrogen-bond donors (Lipinski definition) is 1. The van der Waals surface area contributed by atoms with E-state index in [0.717, 1.165) is 11.8 Å². The number of rotatable bonds is 3. The van der Waals surface area contributed by atoms with Crippen LogP contribution in [0.5, 0.6) is 5.75 Å². The minimum atomic E-state index is -0.442. The molecule has 0 unspecified atom stereocenters. The Bertz CT molecular complexity index is 347. The van der Waals surface area contributed by atoms with Crippen molar-refractivity contribution in [2.45, 2.75) is 6.92 Å². The molecule has 68 valence electrons. The minimum Gasteiger partial charge on any atom is -0.453 e. The maximum Gasteiger partial charge on any atom is 0.165 e. The summed E-state index contributed by atoms with van der Waals surface area (Å²) in [6.45, 7) is 5.19. The van der Waals surface area contributed by atoms with Crippen molar-refractivity contribution in [3.63, 3.8) is 0 Å². The molecule has 0 radical (unpaired) electrons. The van der Waals surface area contributed by atoms with Gasteiger partial charge >= 0.3 is 0 Å². The van der Waals surface area contributed by atoms with Gasteiger partial charge in [-0.05, 0) is 24.6 Å². The van der Waals surface area contributed by atoms with Gasteiger partial charge in [-0.3, -0.25) is 0 Å². The smallest absolute Gasteiger partial charge is 0.165 e. The summed E-state index contributed by atoms with van der Waals surface area (Å²) in [6, 6.07) is 4.61. The highest BCUT2D eigenvalue weighted by molar-refractivity contribution is 5.72. The third kappa shape index (κ3) is 2.40. The number of benzene rings is 1. The Morgan fingerprint density at radius 1 is 1.62 bits per heavy atom. The zero-order valence-electron chi connectivity index (χ0n) is 7.30. The Labute approximate surface area is 76.2 Å². The van der Waals surface area contributed by atoms with Crippen LogP contribution in [0.4, 0.5) is 4.39 Å². The molecular weight excluding hydrogens is 169 g/mol. The first kappa shape index (κ1) is 9.45. The van der Waals surface area contributed by atoms with Crippen molar-refractivity contribution in [3.05, 3.63) is 41.9 Å². The van der Waals surface area contributed by atoms with Crippen LogP contribution in [-0.4, -0.2) is 6.21 Å². The zero-order chi connectivity index (χ0) is 9.84. The van der Waals surface area contributed by atoms with Crippen molar-refractivity contribution in [1.29, 1.82) is 5.41 Å². The predicted octanol–water partition coefficient (Wildman–Crippen LogP) is 2.68. The molecule has 0 aromatic heterocycles. The van der Waals surface area contributed by atoms with E-state index in [0.29, 0.717) is 0 Å². The summed E-state index contributed by atoms with van der Waals surface area (Å²) < 4.78 is 18.0. The van der Waals surface area contributed by atoms with Gasteiger partial charge in [0.05, 0.1) is 6.21 Å². The third-order valence-corrected chi connectivity index (χ3v) is 1.49. The van der Waals surface area contributed by atoms with Crippen molar-refractivity contribution < 1.29 is 9.13 Å². The fourth-order valence-corrected chi connectivity index (χ4v) is 0.859. The van der Waals surface area contributed by atoms with Crippen molar-refractivity contribution in [3.8, 4) is 5.75 Å². The molecule has 1 rings (SSSR count).